The van der Waals surface area contributed by atoms with Crippen molar-refractivity contribution in [3.8, 4) is 5.75 Å². The van der Waals surface area contributed by atoms with E-state index in [1.165, 1.54) is 22.3 Å². The Kier molecular flexibility index (Phi) is 8.13. The molecule has 196 valence electrons. The Morgan fingerprint density at radius 1 is 1.24 bits per heavy atom. The average molecular weight is 503 g/mol. The minimum Gasteiger partial charge on any atom is -0.496 e. The number of hydrogen-bond donors (Lipinski definition) is 2. The summed E-state index contributed by atoms with van der Waals surface area (Å²) in [5.41, 5.74) is 6.81. The summed E-state index contributed by atoms with van der Waals surface area (Å²) >= 11 is 0. The van der Waals surface area contributed by atoms with Gasteiger partial charge in [-0.15, -0.1) is 0 Å². The SMILES string of the molecule is COc1cc2nc(C)nc(N[C@@H](C)c3cccc(C)c3C)c2cc1C1=CCC(C(=O)N(C)CCO)CC1. The fourth-order valence-electron chi connectivity index (χ4n) is 5.20. The number of fused-ring (bicyclic) bond motifs is 1. The number of hydrogen-bond acceptors (Lipinski definition) is 6. The summed E-state index contributed by atoms with van der Waals surface area (Å²) in [6.45, 7) is 8.69. The van der Waals surface area contributed by atoms with E-state index in [2.05, 4.69) is 56.4 Å². The Bertz CT molecular complexity index is 1330. The van der Waals surface area contributed by atoms with Crippen LogP contribution in [0, 0.1) is 26.7 Å². The number of nitrogens with zero attached hydrogens (tertiary/aromatic N) is 3. The molecule has 2 atom stereocenters. The fraction of sp³-hybridized carbons (Fsp3) is 0.433. The molecule has 4 rings (SSSR count). The van der Waals surface area contributed by atoms with Gasteiger partial charge in [0.25, 0.3) is 0 Å². The highest BCUT2D eigenvalue weighted by Crippen LogP contribution is 2.39. The van der Waals surface area contributed by atoms with Crippen LogP contribution in [-0.2, 0) is 4.79 Å². The number of aryl methyl sites for hydroxylation is 2. The van der Waals surface area contributed by atoms with Gasteiger partial charge in [-0.05, 0) is 75.3 Å². The largest absolute Gasteiger partial charge is 0.496 e. The van der Waals surface area contributed by atoms with Gasteiger partial charge < -0.3 is 20.1 Å². The van der Waals surface area contributed by atoms with Crippen molar-refractivity contribution in [2.24, 2.45) is 5.92 Å². The number of benzene rings is 2. The van der Waals surface area contributed by atoms with Crippen molar-refractivity contribution >= 4 is 28.2 Å². The summed E-state index contributed by atoms with van der Waals surface area (Å²) in [5, 5.41) is 13.8. The highest BCUT2D eigenvalue weighted by atomic mass is 16.5. The molecule has 0 bridgehead atoms. The quantitative estimate of drug-likeness (QED) is 0.431. The first-order chi connectivity index (χ1) is 17.7. The van der Waals surface area contributed by atoms with E-state index < -0.39 is 0 Å². The molecule has 0 saturated heterocycles. The molecule has 1 heterocycles. The van der Waals surface area contributed by atoms with E-state index in [4.69, 9.17) is 19.8 Å². The second-order valence-corrected chi connectivity index (χ2v) is 10.0. The van der Waals surface area contributed by atoms with Crippen molar-refractivity contribution in [2.45, 2.75) is 53.0 Å². The van der Waals surface area contributed by atoms with E-state index in [-0.39, 0.29) is 24.5 Å². The Morgan fingerprint density at radius 3 is 2.70 bits per heavy atom. The van der Waals surface area contributed by atoms with Crippen molar-refractivity contribution in [1.82, 2.24) is 14.9 Å². The van der Waals surface area contributed by atoms with Crippen LogP contribution in [0.3, 0.4) is 0 Å². The Balaban J connectivity index is 1.68. The topological polar surface area (TPSA) is 87.6 Å². The van der Waals surface area contributed by atoms with Crippen LogP contribution in [0.5, 0.6) is 5.75 Å². The first-order valence-corrected chi connectivity index (χ1v) is 13.0. The lowest BCUT2D eigenvalue weighted by Gasteiger charge is -2.26. The summed E-state index contributed by atoms with van der Waals surface area (Å²) in [6.07, 6.45) is 4.37. The summed E-state index contributed by atoms with van der Waals surface area (Å²) in [6, 6.07) is 10.6. The van der Waals surface area contributed by atoms with Crippen LogP contribution < -0.4 is 10.1 Å². The fourth-order valence-corrected chi connectivity index (χ4v) is 5.20. The Hall–Kier alpha value is -3.45. The van der Waals surface area contributed by atoms with E-state index in [1.807, 2.05) is 13.0 Å². The molecular formula is C30H38N4O3. The monoisotopic (exact) mass is 502 g/mol. The number of anilines is 1. The number of allylic oxidation sites excluding steroid dienone is 2. The zero-order valence-corrected chi connectivity index (χ0v) is 22.8. The second-order valence-electron chi connectivity index (χ2n) is 10.0. The second kappa shape index (κ2) is 11.3. The molecule has 0 saturated carbocycles. The first-order valence-electron chi connectivity index (χ1n) is 13.0. The molecule has 1 amide bonds. The Labute approximate surface area is 219 Å². The number of carbonyl (C=O) groups excluding carboxylic acids is 1. The zero-order chi connectivity index (χ0) is 26.7. The van der Waals surface area contributed by atoms with Gasteiger partial charge in [-0.2, -0.15) is 0 Å². The number of aromatic nitrogens is 2. The molecule has 0 fully saturated rings. The van der Waals surface area contributed by atoms with E-state index in [0.29, 0.717) is 18.8 Å². The number of carbonyl (C=O) groups is 1. The van der Waals surface area contributed by atoms with Gasteiger partial charge in [-0.3, -0.25) is 4.79 Å². The molecule has 1 aliphatic carbocycles. The van der Waals surface area contributed by atoms with Crippen molar-refractivity contribution in [1.29, 1.82) is 0 Å². The van der Waals surface area contributed by atoms with Crippen molar-refractivity contribution in [3.63, 3.8) is 0 Å². The molecule has 0 aliphatic heterocycles. The van der Waals surface area contributed by atoms with Crippen molar-refractivity contribution in [2.75, 3.05) is 32.6 Å². The summed E-state index contributed by atoms with van der Waals surface area (Å²) in [5.74, 6) is 2.30. The number of rotatable bonds is 8. The minimum absolute atomic E-state index is 0.0235. The maximum atomic E-state index is 12.7. The molecule has 7 nitrogen and oxygen atoms in total. The molecule has 3 aromatic rings. The molecule has 37 heavy (non-hydrogen) atoms. The summed E-state index contributed by atoms with van der Waals surface area (Å²) in [7, 11) is 3.43. The van der Waals surface area contributed by atoms with Crippen molar-refractivity contribution < 1.29 is 14.6 Å². The molecule has 1 aromatic heterocycles. The number of likely N-dealkylation sites (N-methyl/N-ethyl adjacent to an activating group) is 1. The van der Waals surface area contributed by atoms with Gasteiger partial charge in [-0.1, -0.05) is 24.3 Å². The smallest absolute Gasteiger partial charge is 0.225 e. The number of aliphatic hydroxyl groups is 1. The molecular weight excluding hydrogens is 464 g/mol. The van der Waals surface area contributed by atoms with Crippen LogP contribution in [0.15, 0.2) is 36.4 Å². The maximum absolute atomic E-state index is 12.7. The van der Waals surface area contributed by atoms with Crippen LogP contribution in [0.1, 0.15) is 60.3 Å². The third kappa shape index (κ3) is 5.62. The van der Waals surface area contributed by atoms with Gasteiger partial charge in [0.1, 0.15) is 17.4 Å². The predicted octanol–water partition coefficient (Wildman–Crippen LogP) is 5.37. The zero-order valence-electron chi connectivity index (χ0n) is 22.8. The van der Waals surface area contributed by atoms with E-state index in [1.54, 1.807) is 19.1 Å². The number of methoxy groups -OCH3 is 1. The predicted molar refractivity (Wildman–Crippen MR) is 149 cm³/mol. The lowest BCUT2D eigenvalue weighted by Crippen LogP contribution is -2.35. The van der Waals surface area contributed by atoms with E-state index in [9.17, 15) is 4.79 Å². The number of ether oxygens (including phenoxy) is 1. The van der Waals surface area contributed by atoms with Gasteiger partial charge in [0.15, 0.2) is 0 Å². The van der Waals surface area contributed by atoms with Crippen molar-refractivity contribution in [3.05, 3.63) is 64.5 Å². The molecule has 7 heteroatoms. The standard InChI is InChI=1S/C30H38N4O3/c1-18-8-7-9-24(19(18)2)20(3)31-29-26-16-25(28(37-6)17-27(26)32-21(4)33-29)22-10-12-23(13-11-22)30(36)34(5)14-15-35/h7-10,16-17,20,23,35H,11-15H2,1-6H3,(H,31,32,33)/t20-,23?/m0/s1. The maximum Gasteiger partial charge on any atom is 0.225 e. The third-order valence-electron chi connectivity index (χ3n) is 7.51. The average Bonchev–Trinajstić information content (AvgIpc) is 2.89. The highest BCUT2D eigenvalue weighted by molar-refractivity contribution is 5.94. The molecule has 1 aliphatic rings. The normalized spacial score (nSPS) is 16.3. The van der Waals surface area contributed by atoms with Crippen LogP contribution in [-0.4, -0.2) is 53.2 Å². The van der Waals surface area contributed by atoms with Crippen LogP contribution in [0.4, 0.5) is 5.82 Å². The minimum atomic E-state index is -0.0617. The lowest BCUT2D eigenvalue weighted by molar-refractivity contribution is -0.134. The van der Waals surface area contributed by atoms with Gasteiger partial charge in [-0.25, -0.2) is 9.97 Å². The van der Waals surface area contributed by atoms with Gasteiger partial charge in [0.2, 0.25) is 5.91 Å². The summed E-state index contributed by atoms with van der Waals surface area (Å²) in [4.78, 5) is 23.8. The summed E-state index contributed by atoms with van der Waals surface area (Å²) < 4.78 is 5.79. The third-order valence-corrected chi connectivity index (χ3v) is 7.51. The number of amides is 1. The van der Waals surface area contributed by atoms with Gasteiger partial charge in [0.05, 0.1) is 25.3 Å². The molecule has 2 aromatic carbocycles. The molecule has 2 N–H and O–H groups in total. The van der Waals surface area contributed by atoms with E-state index >= 15 is 0 Å². The lowest BCUT2D eigenvalue weighted by atomic mass is 9.85. The molecule has 1 unspecified atom stereocenters. The highest BCUT2D eigenvalue weighted by Gasteiger charge is 2.26. The molecule has 0 spiro atoms. The van der Waals surface area contributed by atoms with Crippen LogP contribution in [0.2, 0.25) is 0 Å². The number of aliphatic hydroxyl groups excluding tert-OH is 1. The van der Waals surface area contributed by atoms with Gasteiger partial charge in [0, 0.05) is 36.5 Å². The number of nitrogens with one attached hydrogen (secondary N) is 1. The first kappa shape index (κ1) is 26.6. The van der Waals surface area contributed by atoms with Crippen LogP contribution >= 0.6 is 0 Å². The van der Waals surface area contributed by atoms with Crippen LogP contribution in [0.25, 0.3) is 16.5 Å². The Morgan fingerprint density at radius 2 is 2.03 bits per heavy atom. The van der Waals surface area contributed by atoms with E-state index in [0.717, 1.165) is 40.9 Å². The molecule has 0 radical (unpaired) electrons. The van der Waals surface area contributed by atoms with Gasteiger partial charge >= 0.3 is 0 Å².